The van der Waals surface area contributed by atoms with E-state index >= 15 is 0 Å². The highest BCUT2D eigenvalue weighted by molar-refractivity contribution is 4.89. The predicted octanol–water partition coefficient (Wildman–Crippen LogP) is 2.89. The summed E-state index contributed by atoms with van der Waals surface area (Å²) in [6, 6.07) is 0. The minimum absolute atomic E-state index is 0.250. The minimum Gasteiger partial charge on any atom is -0.379 e. The fourth-order valence-corrected chi connectivity index (χ4v) is 2.39. The van der Waals surface area contributed by atoms with Crippen molar-refractivity contribution in [2.75, 3.05) is 26.4 Å². The first-order valence-corrected chi connectivity index (χ1v) is 8.89. The third-order valence-corrected chi connectivity index (χ3v) is 3.83. The molecule has 0 bridgehead atoms. The topological polar surface area (TPSA) is 57.2 Å². The van der Waals surface area contributed by atoms with E-state index < -0.39 is 12.4 Å². The van der Waals surface area contributed by atoms with Crippen molar-refractivity contribution in [2.24, 2.45) is 0 Å². The van der Waals surface area contributed by atoms with E-state index in [0.29, 0.717) is 19.8 Å². The Kier molecular flexibility index (Phi) is 11.1. The van der Waals surface area contributed by atoms with Gasteiger partial charge in [-0.3, -0.25) is 0 Å². The maximum absolute atomic E-state index is 10.1. The molecule has 1 rings (SSSR count). The van der Waals surface area contributed by atoms with E-state index in [2.05, 4.69) is 20.8 Å². The molecule has 1 aliphatic heterocycles. The Labute approximate surface area is 135 Å². The molecular formula is C17H34O5. The SMILES string of the molecule is CCCCOC[C@H]1O[C@@H](O)C(OCCCC)C1OCCCC. The molecule has 0 amide bonds. The third kappa shape index (κ3) is 6.92. The molecule has 5 nitrogen and oxygen atoms in total. The van der Waals surface area contributed by atoms with Gasteiger partial charge in [0.05, 0.1) is 6.61 Å². The van der Waals surface area contributed by atoms with Gasteiger partial charge < -0.3 is 24.1 Å². The molecule has 2 unspecified atom stereocenters. The summed E-state index contributed by atoms with van der Waals surface area (Å²) in [5.74, 6) is 0. The van der Waals surface area contributed by atoms with E-state index in [4.69, 9.17) is 18.9 Å². The van der Waals surface area contributed by atoms with Crippen molar-refractivity contribution in [3.05, 3.63) is 0 Å². The summed E-state index contributed by atoms with van der Waals surface area (Å²) in [6.07, 6.45) is 4.41. The molecule has 0 aromatic rings. The Hall–Kier alpha value is -0.200. The molecule has 132 valence electrons. The van der Waals surface area contributed by atoms with Crippen LogP contribution in [-0.2, 0) is 18.9 Å². The highest BCUT2D eigenvalue weighted by Gasteiger charge is 2.45. The molecule has 1 fully saturated rings. The average molecular weight is 318 g/mol. The van der Waals surface area contributed by atoms with Crippen LogP contribution in [-0.4, -0.2) is 56.1 Å². The Bertz CT molecular complexity index is 261. The van der Waals surface area contributed by atoms with Crippen molar-refractivity contribution in [1.29, 1.82) is 0 Å². The lowest BCUT2D eigenvalue weighted by Crippen LogP contribution is -2.39. The van der Waals surface area contributed by atoms with Gasteiger partial charge in [-0.2, -0.15) is 0 Å². The maximum Gasteiger partial charge on any atom is 0.184 e. The summed E-state index contributed by atoms with van der Waals surface area (Å²) in [5.41, 5.74) is 0. The van der Waals surface area contributed by atoms with Crippen molar-refractivity contribution < 1.29 is 24.1 Å². The minimum atomic E-state index is -0.928. The monoisotopic (exact) mass is 318 g/mol. The molecule has 0 aliphatic carbocycles. The molecule has 0 saturated carbocycles. The summed E-state index contributed by atoms with van der Waals surface area (Å²) < 4.78 is 23.0. The number of hydrogen-bond acceptors (Lipinski definition) is 5. The first-order chi connectivity index (χ1) is 10.7. The van der Waals surface area contributed by atoms with Gasteiger partial charge in [-0.25, -0.2) is 0 Å². The first-order valence-electron chi connectivity index (χ1n) is 8.89. The maximum atomic E-state index is 10.1. The molecule has 1 heterocycles. The normalized spacial score (nSPS) is 28.4. The zero-order valence-corrected chi connectivity index (χ0v) is 14.5. The highest BCUT2D eigenvalue weighted by atomic mass is 16.7. The second kappa shape index (κ2) is 12.3. The second-order valence-corrected chi connectivity index (χ2v) is 5.87. The molecule has 5 heteroatoms. The number of ether oxygens (including phenoxy) is 4. The molecule has 1 saturated heterocycles. The van der Waals surface area contributed by atoms with Crippen molar-refractivity contribution in [3.8, 4) is 0 Å². The van der Waals surface area contributed by atoms with Gasteiger partial charge in [0.2, 0.25) is 0 Å². The molecule has 0 radical (unpaired) electrons. The van der Waals surface area contributed by atoms with E-state index in [0.717, 1.165) is 45.1 Å². The van der Waals surface area contributed by atoms with E-state index in [-0.39, 0.29) is 12.2 Å². The van der Waals surface area contributed by atoms with Crippen molar-refractivity contribution in [1.82, 2.24) is 0 Å². The zero-order valence-electron chi connectivity index (χ0n) is 14.5. The van der Waals surface area contributed by atoms with Crippen LogP contribution < -0.4 is 0 Å². The fourth-order valence-electron chi connectivity index (χ4n) is 2.39. The van der Waals surface area contributed by atoms with Gasteiger partial charge in [-0.1, -0.05) is 40.0 Å². The van der Waals surface area contributed by atoms with Crippen LogP contribution in [0.4, 0.5) is 0 Å². The Balaban J connectivity index is 2.48. The molecule has 0 aromatic heterocycles. The Morgan fingerprint density at radius 2 is 1.36 bits per heavy atom. The predicted molar refractivity (Wildman–Crippen MR) is 85.9 cm³/mol. The number of aliphatic hydroxyl groups is 1. The Morgan fingerprint density at radius 1 is 0.818 bits per heavy atom. The molecule has 22 heavy (non-hydrogen) atoms. The van der Waals surface area contributed by atoms with Gasteiger partial charge in [0, 0.05) is 19.8 Å². The van der Waals surface area contributed by atoms with Gasteiger partial charge in [-0.15, -0.1) is 0 Å². The third-order valence-electron chi connectivity index (χ3n) is 3.83. The summed E-state index contributed by atoms with van der Waals surface area (Å²) in [7, 11) is 0. The van der Waals surface area contributed by atoms with Crippen molar-refractivity contribution in [3.63, 3.8) is 0 Å². The Morgan fingerprint density at radius 3 is 1.95 bits per heavy atom. The van der Waals surface area contributed by atoms with E-state index in [1.165, 1.54) is 0 Å². The van der Waals surface area contributed by atoms with Crippen LogP contribution in [0.15, 0.2) is 0 Å². The number of unbranched alkanes of at least 4 members (excludes halogenated alkanes) is 3. The molecule has 4 atom stereocenters. The summed E-state index contributed by atoms with van der Waals surface area (Å²) >= 11 is 0. The number of aliphatic hydroxyl groups excluding tert-OH is 1. The van der Waals surface area contributed by atoms with Gasteiger partial charge in [-0.05, 0) is 19.3 Å². The summed E-state index contributed by atoms with van der Waals surface area (Å²) in [5, 5.41) is 10.1. The lowest BCUT2D eigenvalue weighted by atomic mass is 10.1. The number of rotatable bonds is 13. The average Bonchev–Trinajstić information content (AvgIpc) is 2.80. The van der Waals surface area contributed by atoms with E-state index in [9.17, 15) is 5.11 Å². The smallest absolute Gasteiger partial charge is 0.184 e. The lowest BCUT2D eigenvalue weighted by molar-refractivity contribution is -0.150. The van der Waals surface area contributed by atoms with Crippen LogP contribution >= 0.6 is 0 Å². The van der Waals surface area contributed by atoms with Crippen LogP contribution in [0, 0.1) is 0 Å². The van der Waals surface area contributed by atoms with Crippen molar-refractivity contribution >= 4 is 0 Å². The van der Waals surface area contributed by atoms with Crippen LogP contribution in [0.5, 0.6) is 0 Å². The van der Waals surface area contributed by atoms with Crippen LogP contribution in [0.25, 0.3) is 0 Å². The quantitative estimate of drug-likeness (QED) is 0.529. The second-order valence-electron chi connectivity index (χ2n) is 5.87. The first kappa shape index (κ1) is 19.8. The molecule has 1 N–H and O–H groups in total. The highest BCUT2D eigenvalue weighted by Crippen LogP contribution is 2.26. The summed E-state index contributed by atoms with van der Waals surface area (Å²) in [4.78, 5) is 0. The van der Waals surface area contributed by atoms with Crippen LogP contribution in [0.2, 0.25) is 0 Å². The number of hydrogen-bond donors (Lipinski definition) is 1. The zero-order chi connectivity index (χ0) is 16.2. The van der Waals surface area contributed by atoms with Crippen molar-refractivity contribution in [2.45, 2.75) is 83.9 Å². The van der Waals surface area contributed by atoms with Gasteiger partial charge in [0.1, 0.15) is 18.3 Å². The largest absolute Gasteiger partial charge is 0.379 e. The molecule has 1 aliphatic rings. The lowest BCUT2D eigenvalue weighted by Gasteiger charge is -2.23. The summed E-state index contributed by atoms with van der Waals surface area (Å²) in [6.45, 7) is 8.83. The fraction of sp³-hybridized carbons (Fsp3) is 1.00. The molecular weight excluding hydrogens is 284 g/mol. The van der Waals surface area contributed by atoms with E-state index in [1.54, 1.807) is 0 Å². The van der Waals surface area contributed by atoms with Gasteiger partial charge >= 0.3 is 0 Å². The molecule has 0 spiro atoms. The van der Waals surface area contributed by atoms with Gasteiger partial charge in [0.25, 0.3) is 0 Å². The van der Waals surface area contributed by atoms with E-state index in [1.807, 2.05) is 0 Å². The molecule has 0 aromatic carbocycles. The van der Waals surface area contributed by atoms with Crippen LogP contribution in [0.1, 0.15) is 59.3 Å². The van der Waals surface area contributed by atoms with Crippen LogP contribution in [0.3, 0.4) is 0 Å². The standard InChI is InChI=1S/C17H34O5/c1-4-7-10-19-13-14-15(20-11-8-5-2)16(17(18)22-14)21-12-9-6-3/h14-18H,4-13H2,1-3H3/t14-,15?,16?,17-/m1/s1. The van der Waals surface area contributed by atoms with Gasteiger partial charge in [0.15, 0.2) is 6.29 Å².